The van der Waals surface area contributed by atoms with Crippen LogP contribution in [-0.2, 0) is 0 Å². The Morgan fingerprint density at radius 3 is 2.52 bits per heavy atom. The molecule has 3 nitrogen and oxygen atoms in total. The Morgan fingerprint density at radius 2 is 1.86 bits per heavy atom. The molecule has 0 aliphatic carbocycles. The van der Waals surface area contributed by atoms with Gasteiger partial charge in [0.15, 0.2) is 17.3 Å². The highest BCUT2D eigenvalue weighted by atomic mass is 32.2. The van der Waals surface area contributed by atoms with E-state index in [1.807, 2.05) is 18.2 Å². The van der Waals surface area contributed by atoms with Crippen LogP contribution in [0.3, 0.4) is 0 Å². The second-order valence-electron chi connectivity index (χ2n) is 4.43. The second kappa shape index (κ2) is 7.74. The first-order chi connectivity index (χ1) is 10.2. The monoisotopic (exact) mass is 302 g/mol. The van der Waals surface area contributed by atoms with E-state index in [1.54, 1.807) is 37.1 Å². The van der Waals surface area contributed by atoms with Crippen molar-refractivity contribution in [2.24, 2.45) is 0 Å². The van der Waals surface area contributed by atoms with Crippen LogP contribution in [0.5, 0.6) is 11.5 Å². The summed E-state index contributed by atoms with van der Waals surface area (Å²) in [6.07, 6.45) is 0. The van der Waals surface area contributed by atoms with E-state index in [-0.39, 0.29) is 5.78 Å². The molecule has 0 aromatic heterocycles. The highest BCUT2D eigenvalue weighted by molar-refractivity contribution is 7.99. The highest BCUT2D eigenvalue weighted by Gasteiger charge is 2.08. The van der Waals surface area contributed by atoms with Gasteiger partial charge in [0.05, 0.1) is 13.7 Å². The summed E-state index contributed by atoms with van der Waals surface area (Å²) in [6, 6.07) is 15.4. The number of hydrogen-bond acceptors (Lipinski definition) is 4. The topological polar surface area (TPSA) is 35.5 Å². The first-order valence-corrected chi connectivity index (χ1v) is 7.69. The SMILES string of the molecule is COc1cc(C(C)=O)ccc1OCCSc1ccccc1. The van der Waals surface area contributed by atoms with Crippen LogP contribution in [0.25, 0.3) is 0 Å². The number of hydrogen-bond donors (Lipinski definition) is 0. The van der Waals surface area contributed by atoms with Crippen LogP contribution in [0.1, 0.15) is 17.3 Å². The van der Waals surface area contributed by atoms with Crippen LogP contribution >= 0.6 is 11.8 Å². The molecule has 110 valence electrons. The molecule has 0 amide bonds. The van der Waals surface area contributed by atoms with Crippen molar-refractivity contribution in [3.8, 4) is 11.5 Å². The minimum Gasteiger partial charge on any atom is -0.493 e. The number of ether oxygens (including phenoxy) is 2. The minimum atomic E-state index is 0.0134. The number of methoxy groups -OCH3 is 1. The van der Waals surface area contributed by atoms with Gasteiger partial charge in [0.2, 0.25) is 0 Å². The van der Waals surface area contributed by atoms with Gasteiger partial charge in [0.25, 0.3) is 0 Å². The Kier molecular flexibility index (Phi) is 5.69. The van der Waals surface area contributed by atoms with Gasteiger partial charge in [-0.2, -0.15) is 0 Å². The predicted octanol–water partition coefficient (Wildman–Crippen LogP) is 4.07. The van der Waals surface area contributed by atoms with Crippen molar-refractivity contribution in [1.29, 1.82) is 0 Å². The molecule has 0 aliphatic rings. The second-order valence-corrected chi connectivity index (χ2v) is 5.60. The molecule has 0 unspecified atom stereocenters. The van der Waals surface area contributed by atoms with Gasteiger partial charge in [-0.25, -0.2) is 0 Å². The molecule has 21 heavy (non-hydrogen) atoms. The summed E-state index contributed by atoms with van der Waals surface area (Å²) in [5, 5.41) is 0. The first kappa shape index (κ1) is 15.4. The Bertz CT molecular complexity index is 596. The number of carbonyl (C=O) groups excluding carboxylic acids is 1. The summed E-state index contributed by atoms with van der Waals surface area (Å²) in [4.78, 5) is 12.6. The standard InChI is InChI=1S/C17H18O3S/c1-13(18)14-8-9-16(17(12-14)19-2)20-10-11-21-15-6-4-3-5-7-15/h3-9,12H,10-11H2,1-2H3. The number of thioether (sulfide) groups is 1. The van der Waals surface area contributed by atoms with E-state index in [1.165, 1.54) is 11.8 Å². The lowest BCUT2D eigenvalue weighted by atomic mass is 10.1. The molecule has 0 spiro atoms. The van der Waals surface area contributed by atoms with Gasteiger partial charge < -0.3 is 9.47 Å². The van der Waals surface area contributed by atoms with E-state index in [9.17, 15) is 4.79 Å². The molecule has 0 atom stereocenters. The normalized spacial score (nSPS) is 10.2. The molecular formula is C17H18O3S. The van der Waals surface area contributed by atoms with Gasteiger partial charge in [-0.3, -0.25) is 4.79 Å². The van der Waals surface area contributed by atoms with Crippen LogP contribution in [0.2, 0.25) is 0 Å². The first-order valence-electron chi connectivity index (χ1n) is 6.70. The molecule has 2 rings (SSSR count). The summed E-state index contributed by atoms with van der Waals surface area (Å²) >= 11 is 1.74. The third kappa shape index (κ3) is 4.53. The van der Waals surface area contributed by atoms with Crippen molar-refractivity contribution in [2.75, 3.05) is 19.5 Å². The van der Waals surface area contributed by atoms with E-state index in [4.69, 9.17) is 9.47 Å². The number of carbonyl (C=O) groups is 1. The molecular weight excluding hydrogens is 284 g/mol. The molecule has 2 aromatic carbocycles. The largest absolute Gasteiger partial charge is 0.493 e. The van der Waals surface area contributed by atoms with Gasteiger partial charge in [-0.05, 0) is 37.3 Å². The van der Waals surface area contributed by atoms with E-state index >= 15 is 0 Å². The number of ketones is 1. The van der Waals surface area contributed by atoms with Crippen molar-refractivity contribution in [2.45, 2.75) is 11.8 Å². The molecule has 0 radical (unpaired) electrons. The maximum atomic E-state index is 11.3. The zero-order valence-electron chi connectivity index (χ0n) is 12.2. The molecule has 0 bridgehead atoms. The van der Waals surface area contributed by atoms with Gasteiger partial charge in [0, 0.05) is 16.2 Å². The van der Waals surface area contributed by atoms with Gasteiger partial charge in [0.1, 0.15) is 0 Å². The van der Waals surface area contributed by atoms with Crippen molar-refractivity contribution >= 4 is 17.5 Å². The van der Waals surface area contributed by atoms with Crippen LogP contribution in [-0.4, -0.2) is 25.3 Å². The lowest BCUT2D eigenvalue weighted by molar-refractivity contribution is 0.101. The van der Waals surface area contributed by atoms with Gasteiger partial charge in [-0.1, -0.05) is 18.2 Å². The summed E-state index contributed by atoms with van der Waals surface area (Å²) in [6.45, 7) is 2.11. The fourth-order valence-corrected chi connectivity index (χ4v) is 2.59. The fourth-order valence-electron chi connectivity index (χ4n) is 1.83. The van der Waals surface area contributed by atoms with Gasteiger partial charge >= 0.3 is 0 Å². The highest BCUT2D eigenvalue weighted by Crippen LogP contribution is 2.28. The average Bonchev–Trinajstić information content (AvgIpc) is 2.52. The fraction of sp³-hybridized carbons (Fsp3) is 0.235. The Labute approximate surface area is 129 Å². The molecule has 0 aliphatic heterocycles. The van der Waals surface area contributed by atoms with Gasteiger partial charge in [-0.15, -0.1) is 11.8 Å². The molecule has 0 fully saturated rings. The lowest BCUT2D eigenvalue weighted by Crippen LogP contribution is -2.03. The number of Topliss-reactive ketones (excluding diaryl/α,β-unsaturated/α-hetero) is 1. The summed E-state index contributed by atoms with van der Waals surface area (Å²) < 4.78 is 11.0. The quantitative estimate of drug-likeness (QED) is 0.439. The van der Waals surface area contributed by atoms with Crippen molar-refractivity contribution in [3.63, 3.8) is 0 Å². The summed E-state index contributed by atoms with van der Waals surface area (Å²) in [7, 11) is 1.57. The molecule has 0 saturated heterocycles. The molecule has 4 heteroatoms. The molecule has 2 aromatic rings. The number of rotatable bonds is 7. The third-order valence-electron chi connectivity index (χ3n) is 2.92. The molecule has 0 N–H and O–H groups in total. The van der Waals surface area contributed by atoms with E-state index in [2.05, 4.69) is 12.1 Å². The van der Waals surface area contributed by atoms with E-state index in [0.717, 1.165) is 5.75 Å². The lowest BCUT2D eigenvalue weighted by Gasteiger charge is -2.11. The average molecular weight is 302 g/mol. The molecule has 0 saturated carbocycles. The predicted molar refractivity (Wildman–Crippen MR) is 85.7 cm³/mol. The van der Waals surface area contributed by atoms with Crippen molar-refractivity contribution in [1.82, 2.24) is 0 Å². The Morgan fingerprint density at radius 1 is 1.10 bits per heavy atom. The summed E-state index contributed by atoms with van der Waals surface area (Å²) in [5.41, 5.74) is 0.623. The maximum absolute atomic E-state index is 11.3. The van der Waals surface area contributed by atoms with Crippen molar-refractivity contribution in [3.05, 3.63) is 54.1 Å². The van der Waals surface area contributed by atoms with Crippen LogP contribution in [0.15, 0.2) is 53.4 Å². The van der Waals surface area contributed by atoms with Crippen LogP contribution < -0.4 is 9.47 Å². The minimum absolute atomic E-state index is 0.0134. The van der Waals surface area contributed by atoms with E-state index in [0.29, 0.717) is 23.7 Å². The Hall–Kier alpha value is -1.94. The smallest absolute Gasteiger partial charge is 0.161 e. The van der Waals surface area contributed by atoms with Crippen LogP contribution in [0, 0.1) is 0 Å². The third-order valence-corrected chi connectivity index (χ3v) is 3.90. The van der Waals surface area contributed by atoms with Crippen molar-refractivity contribution < 1.29 is 14.3 Å². The number of benzene rings is 2. The zero-order valence-corrected chi connectivity index (χ0v) is 13.0. The summed E-state index contributed by atoms with van der Waals surface area (Å²) in [5.74, 6) is 2.12. The van der Waals surface area contributed by atoms with Crippen LogP contribution in [0.4, 0.5) is 0 Å². The maximum Gasteiger partial charge on any atom is 0.161 e. The van der Waals surface area contributed by atoms with E-state index < -0.39 is 0 Å². The zero-order chi connectivity index (χ0) is 15.1. The Balaban J connectivity index is 1.89. The molecule has 0 heterocycles.